The standard InChI is InChI=1S/C8H9F2NS.2C2H6/c9-8(10)12-7-3-1-6(5-11)2-4-7;2*1-2/h1-4,8H,5,11H2;2*1-2H3. The van der Waals surface area contributed by atoms with Crippen LogP contribution in [0.1, 0.15) is 33.3 Å². The van der Waals surface area contributed by atoms with Crippen LogP contribution in [0.15, 0.2) is 29.2 Å². The van der Waals surface area contributed by atoms with Crippen LogP contribution in [0.3, 0.4) is 0 Å². The molecule has 0 heterocycles. The summed E-state index contributed by atoms with van der Waals surface area (Å²) in [4.78, 5) is 0.571. The molecular formula is C12H21F2NS. The minimum absolute atomic E-state index is 0.444. The van der Waals surface area contributed by atoms with Crippen LogP contribution in [-0.2, 0) is 6.54 Å². The summed E-state index contributed by atoms with van der Waals surface area (Å²) in [5, 5.41) is 0. The van der Waals surface area contributed by atoms with E-state index in [2.05, 4.69) is 0 Å². The van der Waals surface area contributed by atoms with E-state index in [1.165, 1.54) is 0 Å². The maximum atomic E-state index is 11.8. The van der Waals surface area contributed by atoms with Crippen molar-refractivity contribution < 1.29 is 8.78 Å². The molecule has 2 N–H and O–H groups in total. The molecule has 0 unspecified atom stereocenters. The van der Waals surface area contributed by atoms with Gasteiger partial charge in [0, 0.05) is 11.4 Å². The Morgan fingerprint density at radius 1 is 1.06 bits per heavy atom. The van der Waals surface area contributed by atoms with Crippen molar-refractivity contribution in [3.05, 3.63) is 29.8 Å². The Morgan fingerprint density at radius 2 is 1.50 bits per heavy atom. The molecular weight excluding hydrogens is 228 g/mol. The first-order valence-electron chi connectivity index (χ1n) is 5.46. The quantitative estimate of drug-likeness (QED) is 0.797. The Morgan fingerprint density at radius 3 is 1.81 bits per heavy atom. The van der Waals surface area contributed by atoms with Crippen LogP contribution in [0, 0.1) is 0 Å². The second-order valence-electron chi connectivity index (χ2n) is 2.23. The summed E-state index contributed by atoms with van der Waals surface area (Å²) in [6.45, 7) is 8.44. The van der Waals surface area contributed by atoms with Crippen molar-refractivity contribution in [3.8, 4) is 0 Å². The Labute approximate surface area is 101 Å². The van der Waals surface area contributed by atoms with E-state index in [9.17, 15) is 8.78 Å². The van der Waals surface area contributed by atoms with Gasteiger partial charge in [-0.1, -0.05) is 51.6 Å². The Bertz CT molecular complexity index is 237. The fourth-order valence-electron chi connectivity index (χ4n) is 0.807. The van der Waals surface area contributed by atoms with Crippen LogP contribution in [0.25, 0.3) is 0 Å². The summed E-state index contributed by atoms with van der Waals surface area (Å²) in [5.74, 6) is -2.35. The number of hydrogen-bond acceptors (Lipinski definition) is 2. The number of nitrogens with two attached hydrogens (primary N) is 1. The van der Waals surface area contributed by atoms with Gasteiger partial charge in [0.05, 0.1) is 0 Å². The van der Waals surface area contributed by atoms with Gasteiger partial charge in [-0.15, -0.1) is 0 Å². The van der Waals surface area contributed by atoms with Crippen molar-refractivity contribution in [2.45, 2.75) is 44.9 Å². The summed E-state index contributed by atoms with van der Waals surface area (Å²) in [7, 11) is 0. The summed E-state index contributed by atoms with van der Waals surface area (Å²) in [6, 6.07) is 6.81. The third-order valence-corrected chi connectivity index (χ3v) is 2.11. The molecule has 1 aromatic rings. The molecule has 0 saturated heterocycles. The number of hydrogen-bond donors (Lipinski definition) is 1. The molecule has 16 heavy (non-hydrogen) atoms. The first-order chi connectivity index (χ1) is 7.72. The molecule has 0 saturated carbocycles. The van der Waals surface area contributed by atoms with Crippen molar-refractivity contribution >= 4 is 11.8 Å². The number of halogens is 2. The van der Waals surface area contributed by atoms with Gasteiger partial charge in [-0.2, -0.15) is 8.78 Å². The number of alkyl halides is 2. The highest BCUT2D eigenvalue weighted by atomic mass is 32.2. The van der Waals surface area contributed by atoms with Gasteiger partial charge in [-0.3, -0.25) is 0 Å². The van der Waals surface area contributed by atoms with Crippen molar-refractivity contribution in [3.63, 3.8) is 0 Å². The lowest BCUT2D eigenvalue weighted by Crippen LogP contribution is -1.95. The van der Waals surface area contributed by atoms with Gasteiger partial charge in [0.1, 0.15) is 0 Å². The average molecular weight is 249 g/mol. The van der Waals surface area contributed by atoms with E-state index in [1.807, 2.05) is 27.7 Å². The molecule has 1 aromatic carbocycles. The van der Waals surface area contributed by atoms with Gasteiger partial charge in [0.15, 0.2) is 0 Å². The second-order valence-corrected chi connectivity index (χ2v) is 3.29. The molecule has 0 aliphatic carbocycles. The second kappa shape index (κ2) is 12.5. The molecule has 0 bridgehead atoms. The van der Waals surface area contributed by atoms with E-state index in [4.69, 9.17) is 5.73 Å². The van der Waals surface area contributed by atoms with Gasteiger partial charge in [-0.05, 0) is 17.7 Å². The predicted molar refractivity (Wildman–Crippen MR) is 68.9 cm³/mol. The number of thioether (sulfide) groups is 1. The maximum absolute atomic E-state index is 11.8. The van der Waals surface area contributed by atoms with Crippen molar-refractivity contribution in [2.24, 2.45) is 5.73 Å². The Hall–Kier alpha value is -0.610. The lowest BCUT2D eigenvalue weighted by atomic mass is 10.2. The van der Waals surface area contributed by atoms with Crippen LogP contribution < -0.4 is 5.73 Å². The van der Waals surface area contributed by atoms with Crippen molar-refractivity contribution in [2.75, 3.05) is 0 Å². The lowest BCUT2D eigenvalue weighted by Gasteiger charge is -2.00. The van der Waals surface area contributed by atoms with Crippen molar-refractivity contribution in [1.82, 2.24) is 0 Å². The van der Waals surface area contributed by atoms with Gasteiger partial charge >= 0.3 is 0 Å². The first-order valence-corrected chi connectivity index (χ1v) is 6.34. The highest BCUT2D eigenvalue weighted by molar-refractivity contribution is 7.99. The van der Waals surface area contributed by atoms with E-state index < -0.39 is 5.76 Å². The van der Waals surface area contributed by atoms with Crippen LogP contribution in [0.5, 0.6) is 0 Å². The SMILES string of the molecule is CC.CC.NCc1ccc(SC(F)F)cc1. The summed E-state index contributed by atoms with van der Waals surface area (Å²) in [6.07, 6.45) is 0. The molecule has 0 aromatic heterocycles. The number of benzene rings is 1. The smallest absolute Gasteiger partial charge is 0.288 e. The first kappa shape index (κ1) is 17.8. The molecule has 94 valence electrons. The molecule has 4 heteroatoms. The predicted octanol–water partition coefficient (Wildman–Crippen LogP) is 4.51. The zero-order valence-electron chi connectivity index (χ0n) is 10.3. The third kappa shape index (κ3) is 8.68. The Kier molecular flexibility index (Phi) is 13.8. The molecule has 1 rings (SSSR count). The zero-order valence-corrected chi connectivity index (χ0v) is 11.2. The Balaban J connectivity index is 0. The van der Waals surface area contributed by atoms with Crippen LogP contribution in [0.4, 0.5) is 8.78 Å². The summed E-state index contributed by atoms with van der Waals surface area (Å²) in [5.41, 5.74) is 6.30. The molecule has 0 fully saturated rings. The fraction of sp³-hybridized carbons (Fsp3) is 0.500. The summed E-state index contributed by atoms with van der Waals surface area (Å²) >= 11 is 0.543. The van der Waals surface area contributed by atoms with E-state index in [-0.39, 0.29) is 0 Å². The van der Waals surface area contributed by atoms with Gasteiger partial charge in [-0.25, -0.2) is 0 Å². The minimum atomic E-state index is -2.35. The molecule has 0 aliphatic rings. The molecule has 0 aliphatic heterocycles. The van der Waals surface area contributed by atoms with Gasteiger partial charge < -0.3 is 5.73 Å². The van der Waals surface area contributed by atoms with Crippen LogP contribution in [-0.4, -0.2) is 5.76 Å². The molecule has 0 atom stereocenters. The maximum Gasteiger partial charge on any atom is 0.288 e. The fourth-order valence-corrected chi connectivity index (χ4v) is 1.31. The number of rotatable bonds is 3. The molecule has 0 spiro atoms. The summed E-state index contributed by atoms with van der Waals surface area (Å²) < 4.78 is 23.7. The highest BCUT2D eigenvalue weighted by Crippen LogP contribution is 2.24. The van der Waals surface area contributed by atoms with E-state index in [1.54, 1.807) is 24.3 Å². The van der Waals surface area contributed by atoms with Crippen LogP contribution >= 0.6 is 11.8 Å². The molecule has 0 amide bonds. The van der Waals surface area contributed by atoms with E-state index >= 15 is 0 Å². The lowest BCUT2D eigenvalue weighted by molar-refractivity contribution is 0.252. The van der Waals surface area contributed by atoms with Gasteiger partial charge in [0.2, 0.25) is 0 Å². The third-order valence-electron chi connectivity index (χ3n) is 1.38. The molecule has 1 nitrogen and oxygen atoms in total. The highest BCUT2D eigenvalue weighted by Gasteiger charge is 2.03. The monoisotopic (exact) mass is 249 g/mol. The minimum Gasteiger partial charge on any atom is -0.326 e. The van der Waals surface area contributed by atoms with Crippen LogP contribution in [0.2, 0.25) is 0 Å². The van der Waals surface area contributed by atoms with E-state index in [0.29, 0.717) is 23.2 Å². The van der Waals surface area contributed by atoms with Gasteiger partial charge in [0.25, 0.3) is 5.76 Å². The largest absolute Gasteiger partial charge is 0.326 e. The topological polar surface area (TPSA) is 26.0 Å². The van der Waals surface area contributed by atoms with Crippen molar-refractivity contribution in [1.29, 1.82) is 0 Å². The zero-order chi connectivity index (χ0) is 13.0. The van der Waals surface area contributed by atoms with E-state index in [0.717, 1.165) is 5.56 Å². The normalized spacial score (nSPS) is 8.75. The molecule has 0 radical (unpaired) electrons. The average Bonchev–Trinajstić information content (AvgIpc) is 2.34.